The molecule has 0 aliphatic carbocycles. The highest BCUT2D eigenvalue weighted by molar-refractivity contribution is 6.03. The van der Waals surface area contributed by atoms with E-state index in [1.807, 2.05) is 0 Å². The van der Waals surface area contributed by atoms with Gasteiger partial charge in [0.25, 0.3) is 0 Å². The molecule has 3 rings (SSSR count). The second-order valence-corrected chi connectivity index (χ2v) is 6.32. The molecule has 150 valence electrons. The summed E-state index contributed by atoms with van der Waals surface area (Å²) in [5, 5.41) is 36.9. The van der Waals surface area contributed by atoms with E-state index in [9.17, 15) is 29.4 Å². The van der Waals surface area contributed by atoms with E-state index in [0.717, 1.165) is 0 Å². The lowest BCUT2D eigenvalue weighted by Gasteiger charge is -2.10. The smallest absolute Gasteiger partial charge is 0.336 e. The van der Waals surface area contributed by atoms with Crippen LogP contribution in [0.4, 0.5) is 0 Å². The molecule has 8 heteroatoms. The number of carboxylic acid groups (broad SMARTS) is 4. The Morgan fingerprint density at radius 2 is 0.767 bits per heavy atom. The van der Waals surface area contributed by atoms with Crippen LogP contribution < -0.4 is 0 Å². The number of hydrogen-bond donors (Lipinski definition) is 4. The van der Waals surface area contributed by atoms with Crippen molar-refractivity contribution < 1.29 is 39.6 Å². The Morgan fingerprint density at radius 1 is 0.433 bits per heavy atom. The minimum Gasteiger partial charge on any atom is -0.478 e. The quantitative estimate of drug-likeness (QED) is 0.483. The van der Waals surface area contributed by atoms with Crippen molar-refractivity contribution in [3.8, 4) is 22.3 Å². The van der Waals surface area contributed by atoms with Gasteiger partial charge in [-0.15, -0.1) is 0 Å². The number of carbonyl (C=O) groups is 4. The lowest BCUT2D eigenvalue weighted by Crippen LogP contribution is -2.08. The summed E-state index contributed by atoms with van der Waals surface area (Å²) >= 11 is 0. The summed E-state index contributed by atoms with van der Waals surface area (Å²) in [5.41, 5.74) is 0.682. The van der Waals surface area contributed by atoms with Crippen molar-refractivity contribution in [1.29, 1.82) is 0 Å². The van der Waals surface area contributed by atoms with Crippen LogP contribution in [0.25, 0.3) is 22.3 Å². The van der Waals surface area contributed by atoms with Crippen molar-refractivity contribution in [3.05, 3.63) is 82.9 Å². The molecule has 0 saturated heterocycles. The van der Waals surface area contributed by atoms with Gasteiger partial charge in [0.15, 0.2) is 0 Å². The minimum atomic E-state index is -1.37. The van der Waals surface area contributed by atoms with Gasteiger partial charge in [-0.2, -0.15) is 0 Å². The number of hydrogen-bond acceptors (Lipinski definition) is 4. The van der Waals surface area contributed by atoms with Crippen molar-refractivity contribution in [2.45, 2.75) is 0 Å². The van der Waals surface area contributed by atoms with Crippen LogP contribution in [0, 0.1) is 0 Å². The van der Waals surface area contributed by atoms with E-state index in [1.54, 1.807) is 24.3 Å². The fourth-order valence-electron chi connectivity index (χ4n) is 3.05. The lowest BCUT2D eigenvalue weighted by molar-refractivity contribution is 0.0651. The summed E-state index contributed by atoms with van der Waals surface area (Å²) in [6.45, 7) is 0. The maximum absolute atomic E-state index is 11.4. The van der Waals surface area contributed by atoms with Gasteiger partial charge in [-0.25, -0.2) is 19.2 Å². The van der Waals surface area contributed by atoms with Gasteiger partial charge in [0.1, 0.15) is 0 Å². The largest absolute Gasteiger partial charge is 0.478 e. The van der Waals surface area contributed by atoms with Crippen molar-refractivity contribution in [2.24, 2.45) is 0 Å². The first-order chi connectivity index (χ1) is 14.2. The van der Waals surface area contributed by atoms with Crippen molar-refractivity contribution in [1.82, 2.24) is 0 Å². The van der Waals surface area contributed by atoms with Crippen molar-refractivity contribution >= 4 is 23.9 Å². The predicted octanol–water partition coefficient (Wildman–Crippen LogP) is 3.81. The van der Waals surface area contributed by atoms with Crippen LogP contribution in [0.5, 0.6) is 0 Å². The van der Waals surface area contributed by atoms with Crippen molar-refractivity contribution in [2.75, 3.05) is 0 Å². The Hall–Kier alpha value is -4.46. The zero-order valence-corrected chi connectivity index (χ0v) is 15.2. The molecule has 0 radical (unpaired) electrons. The Labute approximate surface area is 169 Å². The molecule has 0 atom stereocenters. The molecule has 0 spiro atoms. The molecule has 4 N–H and O–H groups in total. The van der Waals surface area contributed by atoms with Crippen LogP contribution in [0.15, 0.2) is 60.7 Å². The van der Waals surface area contributed by atoms with Crippen LogP contribution in [-0.2, 0) is 0 Å². The van der Waals surface area contributed by atoms with Crippen LogP contribution >= 0.6 is 0 Å². The molecule has 0 fully saturated rings. The van der Waals surface area contributed by atoms with Gasteiger partial charge >= 0.3 is 23.9 Å². The zero-order valence-electron chi connectivity index (χ0n) is 15.2. The minimum absolute atomic E-state index is 0.335. The van der Waals surface area contributed by atoms with Crippen LogP contribution in [0.2, 0.25) is 0 Å². The standard InChI is InChI=1S/C22H14O8/c23-19(24)15-6-4-13(9-17(15)21(27)28)11-2-1-3-12(8-11)14-5-7-16(20(25)26)18(10-14)22(29)30/h1-10H,(H,23,24)(H,25,26)(H,27,28)(H,29,30). The van der Waals surface area contributed by atoms with Gasteiger partial charge in [-0.3, -0.25) is 0 Å². The average Bonchev–Trinajstić information content (AvgIpc) is 2.72. The molecule has 8 nitrogen and oxygen atoms in total. The molecule has 30 heavy (non-hydrogen) atoms. The highest BCUT2D eigenvalue weighted by Crippen LogP contribution is 2.29. The number of benzene rings is 3. The summed E-state index contributed by atoms with van der Waals surface area (Å²) < 4.78 is 0. The maximum Gasteiger partial charge on any atom is 0.336 e. The van der Waals surface area contributed by atoms with E-state index in [0.29, 0.717) is 22.3 Å². The predicted molar refractivity (Wildman–Crippen MR) is 105 cm³/mol. The van der Waals surface area contributed by atoms with E-state index < -0.39 is 23.9 Å². The molecular weight excluding hydrogens is 392 g/mol. The van der Waals surface area contributed by atoms with Gasteiger partial charge in [0.05, 0.1) is 22.3 Å². The molecule has 0 aliphatic rings. The fourth-order valence-corrected chi connectivity index (χ4v) is 3.05. The first-order valence-electron chi connectivity index (χ1n) is 8.51. The van der Waals surface area contributed by atoms with Crippen LogP contribution in [-0.4, -0.2) is 44.3 Å². The summed E-state index contributed by atoms with van der Waals surface area (Å²) in [5.74, 6) is -5.46. The van der Waals surface area contributed by atoms with Crippen molar-refractivity contribution in [3.63, 3.8) is 0 Å². The molecule has 0 saturated carbocycles. The number of aromatic carboxylic acids is 4. The van der Waals surface area contributed by atoms with Gasteiger partial charge in [-0.1, -0.05) is 30.3 Å². The molecule has 0 heterocycles. The molecule has 0 bridgehead atoms. The molecule has 0 unspecified atom stereocenters. The monoisotopic (exact) mass is 406 g/mol. The van der Waals surface area contributed by atoms with E-state index in [4.69, 9.17) is 10.2 Å². The van der Waals surface area contributed by atoms with Gasteiger partial charge < -0.3 is 20.4 Å². The average molecular weight is 406 g/mol. The zero-order chi connectivity index (χ0) is 22.0. The number of rotatable bonds is 6. The molecule has 0 amide bonds. The van der Waals surface area contributed by atoms with Crippen LogP contribution in [0.3, 0.4) is 0 Å². The molecular formula is C22H14O8. The van der Waals surface area contributed by atoms with Crippen LogP contribution in [0.1, 0.15) is 41.4 Å². The first kappa shape index (κ1) is 20.3. The number of carboxylic acids is 4. The SMILES string of the molecule is O=C(O)c1ccc(-c2cccc(-c3ccc(C(=O)O)c(C(=O)O)c3)c2)cc1C(=O)O. The van der Waals surface area contributed by atoms with Gasteiger partial charge in [-0.05, 0) is 52.6 Å². The highest BCUT2D eigenvalue weighted by Gasteiger charge is 2.18. The lowest BCUT2D eigenvalue weighted by atomic mass is 9.94. The van der Waals surface area contributed by atoms with Gasteiger partial charge in [0.2, 0.25) is 0 Å². The molecule has 0 aliphatic heterocycles. The topological polar surface area (TPSA) is 149 Å². The molecule has 3 aromatic carbocycles. The van der Waals surface area contributed by atoms with Gasteiger partial charge in [0, 0.05) is 0 Å². The third-order valence-electron chi connectivity index (χ3n) is 4.49. The third kappa shape index (κ3) is 3.88. The second kappa shape index (κ2) is 7.88. The molecule has 0 aromatic heterocycles. The second-order valence-electron chi connectivity index (χ2n) is 6.32. The fraction of sp³-hybridized carbons (Fsp3) is 0. The Bertz CT molecular complexity index is 1120. The van der Waals surface area contributed by atoms with E-state index in [2.05, 4.69) is 0 Å². The first-order valence-corrected chi connectivity index (χ1v) is 8.51. The summed E-state index contributed by atoms with van der Waals surface area (Å²) in [4.78, 5) is 45.3. The maximum atomic E-state index is 11.4. The Balaban J connectivity index is 2.10. The van der Waals surface area contributed by atoms with E-state index >= 15 is 0 Å². The summed E-state index contributed by atoms with van der Waals surface area (Å²) in [6, 6.07) is 14.6. The summed E-state index contributed by atoms with van der Waals surface area (Å²) in [7, 11) is 0. The normalized spacial score (nSPS) is 10.4. The third-order valence-corrected chi connectivity index (χ3v) is 4.49. The summed E-state index contributed by atoms with van der Waals surface area (Å²) in [6.07, 6.45) is 0. The highest BCUT2D eigenvalue weighted by atomic mass is 16.4. The van der Waals surface area contributed by atoms with E-state index in [1.165, 1.54) is 36.4 Å². The Morgan fingerprint density at radius 3 is 1.10 bits per heavy atom. The molecule has 3 aromatic rings. The van der Waals surface area contributed by atoms with E-state index in [-0.39, 0.29) is 22.3 Å². The Kier molecular flexibility index (Phi) is 5.33.